The zero-order valence-corrected chi connectivity index (χ0v) is 13.6. The highest BCUT2D eigenvalue weighted by Gasteiger charge is 2.39. The Morgan fingerprint density at radius 2 is 1.87 bits per heavy atom. The molecule has 0 saturated carbocycles. The number of carbonyl (C=O) groups is 2. The molecule has 0 bridgehead atoms. The highest BCUT2D eigenvalue weighted by molar-refractivity contribution is 5.96. The van der Waals surface area contributed by atoms with Crippen molar-refractivity contribution in [3.8, 4) is 0 Å². The van der Waals surface area contributed by atoms with E-state index in [1.807, 2.05) is 0 Å². The van der Waals surface area contributed by atoms with Crippen molar-refractivity contribution in [2.45, 2.75) is 12.8 Å². The van der Waals surface area contributed by atoms with E-state index >= 15 is 0 Å². The third kappa shape index (κ3) is 4.43. The van der Waals surface area contributed by atoms with E-state index in [1.54, 1.807) is 38.4 Å². The minimum atomic E-state index is -0.510. The summed E-state index contributed by atoms with van der Waals surface area (Å²) in [5.74, 6) is -0.0436. The summed E-state index contributed by atoms with van der Waals surface area (Å²) in [5.41, 5.74) is 0.760. The van der Waals surface area contributed by atoms with Gasteiger partial charge in [-0.3, -0.25) is 4.79 Å². The fourth-order valence-electron chi connectivity index (χ4n) is 2.75. The van der Waals surface area contributed by atoms with Crippen LogP contribution in [0.4, 0.5) is 16.2 Å². The molecule has 23 heavy (non-hydrogen) atoms. The highest BCUT2D eigenvalue weighted by atomic mass is 16.5. The molecule has 0 unspecified atom stereocenters. The van der Waals surface area contributed by atoms with Gasteiger partial charge in [-0.2, -0.15) is 0 Å². The van der Waals surface area contributed by atoms with Gasteiger partial charge < -0.3 is 26.0 Å². The van der Waals surface area contributed by atoms with E-state index in [1.165, 1.54) is 0 Å². The summed E-state index contributed by atoms with van der Waals surface area (Å²) in [7, 11) is 3.16. The molecule has 126 valence electrons. The van der Waals surface area contributed by atoms with Gasteiger partial charge in [0.25, 0.3) is 0 Å². The molecule has 1 aliphatic heterocycles. The van der Waals surface area contributed by atoms with Crippen molar-refractivity contribution in [1.29, 1.82) is 0 Å². The molecule has 4 N–H and O–H groups in total. The molecule has 0 aliphatic carbocycles. The first kappa shape index (κ1) is 17.2. The van der Waals surface area contributed by atoms with E-state index < -0.39 is 5.41 Å². The minimum Gasteiger partial charge on any atom is -0.384 e. The maximum atomic E-state index is 12.8. The number of rotatable bonds is 5. The van der Waals surface area contributed by atoms with Gasteiger partial charge in [0.05, 0.1) is 12.0 Å². The maximum Gasteiger partial charge on any atom is 0.318 e. The first-order valence-electron chi connectivity index (χ1n) is 7.69. The standard InChI is InChI=1S/C16H24N4O3/c1-17-15(22)20-13-5-3-4-12(10-13)19-14(21)16(11-23-2)6-8-18-9-7-16/h3-5,10,18H,6-9,11H2,1-2H3,(H,19,21)(H2,17,20,22). The fraction of sp³-hybridized carbons (Fsp3) is 0.500. The lowest BCUT2D eigenvalue weighted by molar-refractivity contribution is -0.130. The molecule has 1 aromatic rings. The fourth-order valence-corrected chi connectivity index (χ4v) is 2.75. The molecule has 3 amide bonds. The van der Waals surface area contributed by atoms with Gasteiger partial charge in [0.15, 0.2) is 0 Å². The van der Waals surface area contributed by atoms with Crippen LogP contribution in [0.25, 0.3) is 0 Å². The van der Waals surface area contributed by atoms with Gasteiger partial charge in [-0.05, 0) is 44.1 Å². The van der Waals surface area contributed by atoms with Crippen LogP contribution in [0.15, 0.2) is 24.3 Å². The summed E-state index contributed by atoms with van der Waals surface area (Å²) in [5, 5.41) is 11.4. The molecule has 1 aromatic carbocycles. The van der Waals surface area contributed by atoms with Crippen molar-refractivity contribution < 1.29 is 14.3 Å². The quantitative estimate of drug-likeness (QED) is 0.660. The molecule has 0 radical (unpaired) electrons. The zero-order chi connectivity index (χ0) is 16.7. The van der Waals surface area contributed by atoms with Crippen LogP contribution in [0.2, 0.25) is 0 Å². The van der Waals surface area contributed by atoms with E-state index in [0.29, 0.717) is 18.0 Å². The molecule has 0 atom stereocenters. The van der Waals surface area contributed by atoms with Crippen LogP contribution in [0, 0.1) is 5.41 Å². The topological polar surface area (TPSA) is 91.5 Å². The average Bonchev–Trinajstić information content (AvgIpc) is 2.56. The molecule has 0 aromatic heterocycles. The smallest absolute Gasteiger partial charge is 0.318 e. The zero-order valence-electron chi connectivity index (χ0n) is 13.6. The Morgan fingerprint density at radius 3 is 2.48 bits per heavy atom. The van der Waals surface area contributed by atoms with Gasteiger partial charge in [0, 0.05) is 25.5 Å². The minimum absolute atomic E-state index is 0.0436. The third-order valence-electron chi connectivity index (χ3n) is 4.07. The lowest BCUT2D eigenvalue weighted by Gasteiger charge is -2.35. The Labute approximate surface area is 136 Å². The van der Waals surface area contributed by atoms with Gasteiger partial charge in [0.1, 0.15) is 0 Å². The largest absolute Gasteiger partial charge is 0.384 e. The Kier molecular flexibility index (Phi) is 5.95. The summed E-state index contributed by atoms with van der Waals surface area (Å²) in [6, 6.07) is 6.78. The number of ether oxygens (including phenoxy) is 1. The van der Waals surface area contributed by atoms with Gasteiger partial charge in [0.2, 0.25) is 5.91 Å². The first-order chi connectivity index (χ1) is 11.1. The second kappa shape index (κ2) is 7.94. The van der Waals surface area contributed by atoms with Gasteiger partial charge in [-0.1, -0.05) is 6.07 Å². The molecule has 7 heteroatoms. The Bertz CT molecular complexity index is 551. The van der Waals surface area contributed by atoms with Crippen LogP contribution in [-0.2, 0) is 9.53 Å². The number of hydrogen-bond acceptors (Lipinski definition) is 4. The molecular weight excluding hydrogens is 296 g/mol. The second-order valence-electron chi connectivity index (χ2n) is 5.70. The van der Waals surface area contributed by atoms with E-state index in [9.17, 15) is 9.59 Å². The average molecular weight is 320 g/mol. The third-order valence-corrected chi connectivity index (χ3v) is 4.07. The number of carbonyl (C=O) groups excluding carboxylic acids is 2. The number of anilines is 2. The van der Waals surface area contributed by atoms with Crippen molar-refractivity contribution in [1.82, 2.24) is 10.6 Å². The Morgan fingerprint density at radius 1 is 1.22 bits per heavy atom. The van der Waals surface area contributed by atoms with Gasteiger partial charge in [-0.15, -0.1) is 0 Å². The molecule has 7 nitrogen and oxygen atoms in total. The summed E-state index contributed by atoms with van der Waals surface area (Å²) >= 11 is 0. The maximum absolute atomic E-state index is 12.8. The summed E-state index contributed by atoms with van der Waals surface area (Å²) in [4.78, 5) is 24.1. The van der Waals surface area contributed by atoms with E-state index in [4.69, 9.17) is 4.74 Å². The number of hydrogen-bond donors (Lipinski definition) is 4. The molecule has 0 spiro atoms. The van der Waals surface area contributed by atoms with E-state index in [0.717, 1.165) is 25.9 Å². The van der Waals surface area contributed by atoms with Crippen molar-refractivity contribution in [3.05, 3.63) is 24.3 Å². The molecular formula is C16H24N4O3. The van der Waals surface area contributed by atoms with Crippen molar-refractivity contribution >= 4 is 23.3 Å². The first-order valence-corrected chi connectivity index (χ1v) is 7.69. The lowest BCUT2D eigenvalue weighted by Crippen LogP contribution is -2.47. The molecule has 1 saturated heterocycles. The van der Waals surface area contributed by atoms with E-state index in [2.05, 4.69) is 21.3 Å². The number of methoxy groups -OCH3 is 1. The van der Waals surface area contributed by atoms with Crippen LogP contribution < -0.4 is 21.3 Å². The monoisotopic (exact) mass is 320 g/mol. The number of nitrogens with one attached hydrogen (secondary N) is 4. The lowest BCUT2D eigenvalue weighted by atomic mass is 9.78. The number of benzene rings is 1. The highest BCUT2D eigenvalue weighted by Crippen LogP contribution is 2.31. The summed E-state index contributed by atoms with van der Waals surface area (Å²) < 4.78 is 5.28. The van der Waals surface area contributed by atoms with Crippen LogP contribution in [0.1, 0.15) is 12.8 Å². The van der Waals surface area contributed by atoms with Crippen LogP contribution >= 0.6 is 0 Å². The summed E-state index contributed by atoms with van der Waals surface area (Å²) in [6.07, 6.45) is 1.48. The number of piperidine rings is 1. The predicted octanol–water partition coefficient (Wildman–Crippen LogP) is 1.39. The van der Waals surface area contributed by atoms with Crippen LogP contribution in [0.3, 0.4) is 0 Å². The predicted molar refractivity (Wildman–Crippen MR) is 89.6 cm³/mol. The number of amides is 3. The van der Waals surface area contributed by atoms with Crippen LogP contribution in [0.5, 0.6) is 0 Å². The number of urea groups is 1. The summed E-state index contributed by atoms with van der Waals surface area (Å²) in [6.45, 7) is 2.00. The van der Waals surface area contributed by atoms with Gasteiger partial charge in [-0.25, -0.2) is 4.79 Å². The van der Waals surface area contributed by atoms with Crippen molar-refractivity contribution in [3.63, 3.8) is 0 Å². The molecule has 1 fully saturated rings. The van der Waals surface area contributed by atoms with Gasteiger partial charge >= 0.3 is 6.03 Å². The Balaban J connectivity index is 2.09. The molecule has 1 aliphatic rings. The van der Waals surface area contributed by atoms with E-state index in [-0.39, 0.29) is 11.9 Å². The molecule has 1 heterocycles. The second-order valence-corrected chi connectivity index (χ2v) is 5.70. The normalized spacial score (nSPS) is 16.4. The van der Waals surface area contributed by atoms with Crippen molar-refractivity contribution in [2.75, 3.05) is 44.5 Å². The van der Waals surface area contributed by atoms with Crippen molar-refractivity contribution in [2.24, 2.45) is 5.41 Å². The SMILES string of the molecule is CNC(=O)Nc1cccc(NC(=O)C2(COC)CCNCC2)c1. The molecule has 2 rings (SSSR count). The van der Waals surface area contributed by atoms with Crippen LogP contribution in [-0.4, -0.2) is 45.8 Å². The Hall–Kier alpha value is -2.12.